The molecule has 4 atom stereocenters. The molecule has 154 valence electrons. The van der Waals surface area contributed by atoms with Crippen molar-refractivity contribution < 1.29 is 9.53 Å². The molecular formula is C20H33Cl2N3O2. The smallest absolute Gasteiger partial charge is 0.227 e. The van der Waals surface area contributed by atoms with Crippen LogP contribution < -0.4 is 11.1 Å². The van der Waals surface area contributed by atoms with E-state index >= 15 is 0 Å². The first-order chi connectivity index (χ1) is 12.0. The molecule has 2 fully saturated rings. The number of hydrogen-bond donors (Lipinski definition) is 2. The first kappa shape index (κ1) is 24.2. The molecule has 2 unspecified atom stereocenters. The van der Waals surface area contributed by atoms with Gasteiger partial charge in [0.2, 0.25) is 5.91 Å². The van der Waals surface area contributed by atoms with Gasteiger partial charge >= 0.3 is 0 Å². The number of hydrogen-bond acceptors (Lipinski definition) is 4. The zero-order valence-electron chi connectivity index (χ0n) is 16.2. The number of ether oxygens (including phenoxy) is 1. The van der Waals surface area contributed by atoms with Crippen molar-refractivity contribution in [3.63, 3.8) is 0 Å². The summed E-state index contributed by atoms with van der Waals surface area (Å²) in [5, 5.41) is 3.11. The normalized spacial score (nSPS) is 28.1. The van der Waals surface area contributed by atoms with E-state index in [1.54, 1.807) is 0 Å². The maximum atomic E-state index is 12.6. The van der Waals surface area contributed by atoms with E-state index in [0.29, 0.717) is 12.5 Å². The van der Waals surface area contributed by atoms with Gasteiger partial charge in [0, 0.05) is 31.2 Å². The first-order valence-corrected chi connectivity index (χ1v) is 9.53. The van der Waals surface area contributed by atoms with E-state index < -0.39 is 0 Å². The van der Waals surface area contributed by atoms with Gasteiger partial charge in [-0.3, -0.25) is 9.69 Å². The van der Waals surface area contributed by atoms with E-state index in [9.17, 15) is 4.79 Å². The molecule has 5 nitrogen and oxygen atoms in total. The molecule has 0 bridgehead atoms. The Morgan fingerprint density at radius 3 is 2.59 bits per heavy atom. The fourth-order valence-electron chi connectivity index (χ4n) is 4.32. The van der Waals surface area contributed by atoms with Gasteiger partial charge in [-0.15, -0.1) is 24.8 Å². The Bertz CT molecular complexity index is 592. The Labute approximate surface area is 175 Å². The summed E-state index contributed by atoms with van der Waals surface area (Å²) in [6.07, 6.45) is 3.66. The van der Waals surface area contributed by atoms with Crippen molar-refractivity contribution in [2.45, 2.75) is 51.9 Å². The molecule has 1 aliphatic carbocycles. The first-order valence-electron chi connectivity index (χ1n) is 9.53. The van der Waals surface area contributed by atoms with Gasteiger partial charge < -0.3 is 15.8 Å². The number of nitrogens with zero attached hydrogens (tertiary/aromatic N) is 1. The summed E-state index contributed by atoms with van der Waals surface area (Å²) in [6.45, 7) is 7.62. The van der Waals surface area contributed by atoms with Crippen molar-refractivity contribution in [2.75, 3.05) is 25.0 Å². The standard InChI is InChI=1S/C20H31N3O2.2ClH/c1-14-11-23(12-15(2)25-14)13-16-5-3-7-18(9-16)22-20(24)19-8-4-6-17(19)10-21;;/h3,5,7,9,14-15,17,19H,4,6,8,10-13,21H2,1-2H3,(H,22,24);2*1H/t14?,15?,17-,19-;;/m1../s1. The molecule has 0 aromatic heterocycles. The molecule has 1 aromatic carbocycles. The zero-order chi connectivity index (χ0) is 17.8. The summed E-state index contributed by atoms with van der Waals surface area (Å²) >= 11 is 0. The Morgan fingerprint density at radius 1 is 1.22 bits per heavy atom. The van der Waals surface area contributed by atoms with Crippen LogP contribution in [0.5, 0.6) is 0 Å². The average Bonchev–Trinajstić information content (AvgIpc) is 3.03. The second kappa shape index (κ2) is 11.2. The lowest BCUT2D eigenvalue weighted by molar-refractivity contribution is -0.120. The molecule has 7 heteroatoms. The minimum atomic E-state index is 0. The summed E-state index contributed by atoms with van der Waals surface area (Å²) in [5.41, 5.74) is 7.92. The van der Waals surface area contributed by atoms with Gasteiger partial charge in [-0.2, -0.15) is 0 Å². The topological polar surface area (TPSA) is 67.6 Å². The Morgan fingerprint density at radius 2 is 1.93 bits per heavy atom. The average molecular weight is 418 g/mol. The third-order valence-electron chi connectivity index (χ3n) is 5.39. The van der Waals surface area contributed by atoms with E-state index in [2.05, 4.69) is 36.2 Å². The molecular weight excluding hydrogens is 385 g/mol. The van der Waals surface area contributed by atoms with E-state index in [1.807, 2.05) is 12.1 Å². The van der Waals surface area contributed by atoms with Crippen molar-refractivity contribution in [3.05, 3.63) is 29.8 Å². The van der Waals surface area contributed by atoms with Crippen molar-refractivity contribution in [1.82, 2.24) is 4.90 Å². The molecule has 0 spiro atoms. The van der Waals surface area contributed by atoms with Crippen LogP contribution in [0.4, 0.5) is 5.69 Å². The van der Waals surface area contributed by atoms with Crippen LogP contribution in [0.25, 0.3) is 0 Å². The van der Waals surface area contributed by atoms with Crippen molar-refractivity contribution >= 4 is 36.4 Å². The van der Waals surface area contributed by atoms with Gasteiger partial charge in [0.05, 0.1) is 12.2 Å². The highest BCUT2D eigenvalue weighted by atomic mass is 35.5. The van der Waals surface area contributed by atoms with Gasteiger partial charge in [0.25, 0.3) is 0 Å². The summed E-state index contributed by atoms with van der Waals surface area (Å²) in [7, 11) is 0. The molecule has 3 N–H and O–H groups in total. The lowest BCUT2D eigenvalue weighted by atomic mass is 9.95. The molecule has 3 rings (SSSR count). The maximum Gasteiger partial charge on any atom is 0.227 e. The second-order valence-corrected chi connectivity index (χ2v) is 7.67. The number of carbonyl (C=O) groups excluding carboxylic acids is 1. The lowest BCUT2D eigenvalue weighted by Gasteiger charge is -2.35. The number of morpholine rings is 1. The van der Waals surface area contributed by atoms with Crippen molar-refractivity contribution in [3.8, 4) is 0 Å². The van der Waals surface area contributed by atoms with E-state index in [4.69, 9.17) is 10.5 Å². The maximum absolute atomic E-state index is 12.6. The van der Waals surface area contributed by atoms with Gasteiger partial charge in [-0.1, -0.05) is 18.6 Å². The third kappa shape index (κ3) is 6.61. The Kier molecular flexibility index (Phi) is 10.1. The highest BCUT2D eigenvalue weighted by molar-refractivity contribution is 5.93. The van der Waals surface area contributed by atoms with Crippen LogP contribution in [0, 0.1) is 11.8 Å². The predicted molar refractivity (Wildman–Crippen MR) is 115 cm³/mol. The largest absolute Gasteiger partial charge is 0.373 e. The highest BCUT2D eigenvalue weighted by Crippen LogP contribution is 2.32. The van der Waals surface area contributed by atoms with Gasteiger partial charge in [0.15, 0.2) is 0 Å². The minimum Gasteiger partial charge on any atom is -0.373 e. The molecule has 1 saturated carbocycles. The van der Waals surface area contributed by atoms with E-state index in [-0.39, 0.29) is 48.8 Å². The van der Waals surface area contributed by atoms with Crippen molar-refractivity contribution in [1.29, 1.82) is 0 Å². The fourth-order valence-corrected chi connectivity index (χ4v) is 4.32. The molecule has 27 heavy (non-hydrogen) atoms. The number of halogens is 2. The number of amides is 1. The number of benzene rings is 1. The SMILES string of the molecule is CC1CN(Cc2cccc(NC(=O)[C@@H]3CCC[C@@H]3CN)c2)CC(C)O1.Cl.Cl. The van der Waals surface area contributed by atoms with E-state index in [1.165, 1.54) is 5.56 Å². The lowest BCUT2D eigenvalue weighted by Crippen LogP contribution is -2.44. The molecule has 0 radical (unpaired) electrons. The molecule has 1 aliphatic heterocycles. The number of carbonyl (C=O) groups is 1. The van der Waals surface area contributed by atoms with Crippen LogP contribution in [-0.4, -0.2) is 42.6 Å². The molecule has 1 aromatic rings. The van der Waals surface area contributed by atoms with Crippen LogP contribution in [0.1, 0.15) is 38.7 Å². The summed E-state index contributed by atoms with van der Waals surface area (Å²) in [5.74, 6) is 0.521. The van der Waals surface area contributed by atoms with Crippen LogP contribution in [0.15, 0.2) is 24.3 Å². The molecule has 2 aliphatic rings. The fraction of sp³-hybridized carbons (Fsp3) is 0.650. The molecule has 1 amide bonds. The van der Waals surface area contributed by atoms with Crippen LogP contribution in [0.2, 0.25) is 0 Å². The second-order valence-electron chi connectivity index (χ2n) is 7.67. The summed E-state index contributed by atoms with van der Waals surface area (Å²) in [4.78, 5) is 15.0. The minimum absolute atomic E-state index is 0. The summed E-state index contributed by atoms with van der Waals surface area (Å²) in [6, 6.07) is 8.21. The van der Waals surface area contributed by atoms with Crippen LogP contribution in [-0.2, 0) is 16.1 Å². The number of anilines is 1. The highest BCUT2D eigenvalue weighted by Gasteiger charge is 2.32. The molecule has 1 saturated heterocycles. The summed E-state index contributed by atoms with van der Waals surface area (Å²) < 4.78 is 5.80. The molecule has 1 heterocycles. The van der Waals surface area contributed by atoms with Crippen molar-refractivity contribution in [2.24, 2.45) is 17.6 Å². The van der Waals surface area contributed by atoms with Crippen LogP contribution >= 0.6 is 24.8 Å². The number of nitrogens with one attached hydrogen (secondary N) is 1. The quantitative estimate of drug-likeness (QED) is 0.769. The number of rotatable bonds is 5. The predicted octanol–water partition coefficient (Wildman–Crippen LogP) is 3.45. The van der Waals surface area contributed by atoms with Crippen LogP contribution in [0.3, 0.4) is 0 Å². The van der Waals surface area contributed by atoms with Gasteiger partial charge in [0.1, 0.15) is 0 Å². The third-order valence-corrected chi connectivity index (χ3v) is 5.39. The van der Waals surface area contributed by atoms with Gasteiger partial charge in [-0.05, 0) is 56.8 Å². The monoisotopic (exact) mass is 417 g/mol. The Balaban J connectivity index is 0.00000182. The van der Waals surface area contributed by atoms with E-state index in [0.717, 1.165) is 44.6 Å². The number of nitrogens with two attached hydrogens (primary N) is 1. The van der Waals surface area contributed by atoms with Gasteiger partial charge in [-0.25, -0.2) is 0 Å². The Hall–Kier alpha value is -0.850. The zero-order valence-corrected chi connectivity index (χ0v) is 17.9.